The average molecular weight is 250 g/mol. The van der Waals surface area contributed by atoms with E-state index in [1.807, 2.05) is 13.2 Å². The van der Waals surface area contributed by atoms with Crippen molar-refractivity contribution >= 4 is 5.95 Å². The summed E-state index contributed by atoms with van der Waals surface area (Å²) in [6, 6.07) is 0.490. The fourth-order valence-corrected chi connectivity index (χ4v) is 2.72. The van der Waals surface area contributed by atoms with Crippen LogP contribution in [0.25, 0.3) is 0 Å². The fourth-order valence-electron chi connectivity index (χ4n) is 2.72. The molecule has 18 heavy (non-hydrogen) atoms. The Labute approximate surface area is 110 Å². The molecule has 0 amide bonds. The first kappa shape index (κ1) is 13.4. The highest BCUT2D eigenvalue weighted by molar-refractivity contribution is 5.32. The minimum absolute atomic E-state index is 0.490. The van der Waals surface area contributed by atoms with Crippen LogP contribution in [-0.4, -0.2) is 36.2 Å². The smallest absolute Gasteiger partial charge is 0.205 e. The van der Waals surface area contributed by atoms with Gasteiger partial charge in [-0.1, -0.05) is 0 Å². The van der Waals surface area contributed by atoms with Gasteiger partial charge in [0.25, 0.3) is 0 Å². The summed E-state index contributed by atoms with van der Waals surface area (Å²) in [5, 5.41) is 3.25. The Hall–Kier alpha value is -1.03. The lowest BCUT2D eigenvalue weighted by atomic mass is 9.94. The number of rotatable bonds is 5. The highest BCUT2D eigenvalue weighted by atomic mass is 15.3. The van der Waals surface area contributed by atoms with Crippen LogP contribution in [0.4, 0.5) is 5.95 Å². The maximum Gasteiger partial charge on any atom is 0.205 e. The number of nitrogens with zero attached hydrogens (tertiary/aromatic N) is 3. The monoisotopic (exact) mass is 250 g/mol. The minimum atomic E-state index is 0.490. The molecule has 0 spiro atoms. The van der Waals surface area contributed by atoms with Gasteiger partial charge >= 0.3 is 0 Å². The van der Waals surface area contributed by atoms with Crippen molar-refractivity contribution in [3.05, 3.63) is 12.4 Å². The lowest BCUT2D eigenvalue weighted by Crippen LogP contribution is -2.36. The van der Waals surface area contributed by atoms with Crippen molar-refractivity contribution in [2.45, 2.75) is 39.2 Å². The Kier molecular flexibility index (Phi) is 4.64. The second-order valence-electron chi connectivity index (χ2n) is 5.55. The molecule has 1 aromatic rings. The Morgan fingerprint density at radius 3 is 2.72 bits per heavy atom. The van der Waals surface area contributed by atoms with Crippen LogP contribution in [0.2, 0.25) is 0 Å². The fraction of sp³-hybridized carbons (Fsp3) is 0.786. The van der Waals surface area contributed by atoms with E-state index in [0.717, 1.165) is 31.5 Å². The molecule has 0 aromatic carbocycles. The Morgan fingerprint density at radius 2 is 2.11 bits per heavy atom. The number of hydrogen-bond donors (Lipinski definition) is 1. The molecule has 4 nitrogen and oxygen atoms in total. The topological polar surface area (TPSA) is 33.1 Å². The predicted octanol–water partition coefficient (Wildman–Crippen LogP) is 2.29. The molecule has 0 saturated carbocycles. The zero-order chi connectivity index (χ0) is 13.0. The average Bonchev–Trinajstić information content (AvgIpc) is 2.86. The molecule has 0 atom stereocenters. The summed E-state index contributed by atoms with van der Waals surface area (Å²) in [5.41, 5.74) is 0. The molecular weight excluding hydrogens is 224 g/mol. The summed E-state index contributed by atoms with van der Waals surface area (Å²) in [6.45, 7) is 7.87. The van der Waals surface area contributed by atoms with Crippen LogP contribution in [0.1, 0.15) is 39.2 Å². The maximum absolute atomic E-state index is 4.52. The third-order valence-corrected chi connectivity index (χ3v) is 3.90. The van der Waals surface area contributed by atoms with Crippen molar-refractivity contribution in [1.82, 2.24) is 14.9 Å². The molecule has 1 fully saturated rings. The van der Waals surface area contributed by atoms with Gasteiger partial charge in [0, 0.05) is 31.5 Å². The van der Waals surface area contributed by atoms with E-state index in [1.54, 1.807) is 0 Å². The molecular formula is C14H26N4. The summed E-state index contributed by atoms with van der Waals surface area (Å²) in [6.07, 6.45) is 7.91. The number of nitrogens with one attached hydrogen (secondary N) is 1. The van der Waals surface area contributed by atoms with Gasteiger partial charge in [-0.25, -0.2) is 4.98 Å². The van der Waals surface area contributed by atoms with Gasteiger partial charge < -0.3 is 14.8 Å². The van der Waals surface area contributed by atoms with E-state index in [0.29, 0.717) is 6.04 Å². The normalized spacial score (nSPS) is 17.7. The summed E-state index contributed by atoms with van der Waals surface area (Å²) in [7, 11) is 2.04. The van der Waals surface area contributed by atoms with Gasteiger partial charge in [-0.2, -0.15) is 0 Å². The Morgan fingerprint density at radius 1 is 1.39 bits per heavy atom. The van der Waals surface area contributed by atoms with Crippen molar-refractivity contribution in [3.63, 3.8) is 0 Å². The van der Waals surface area contributed by atoms with Crippen molar-refractivity contribution < 1.29 is 0 Å². The number of imidazole rings is 1. The SMILES string of the molecule is CNCCC1CCN(c2nccn2C(C)C)CC1. The van der Waals surface area contributed by atoms with Gasteiger partial charge in [0.2, 0.25) is 5.95 Å². The van der Waals surface area contributed by atoms with Crippen molar-refractivity contribution in [2.24, 2.45) is 5.92 Å². The highest BCUT2D eigenvalue weighted by Gasteiger charge is 2.22. The molecule has 1 aromatic heterocycles. The standard InChI is InChI=1S/C14H26N4/c1-12(2)18-11-8-16-14(18)17-9-5-13(6-10-17)4-7-15-3/h8,11-13,15H,4-7,9-10H2,1-3H3. The Balaban J connectivity index is 1.91. The van der Waals surface area contributed by atoms with E-state index in [9.17, 15) is 0 Å². The van der Waals surface area contributed by atoms with Crippen molar-refractivity contribution in [3.8, 4) is 0 Å². The molecule has 0 unspecified atom stereocenters. The molecule has 0 bridgehead atoms. The molecule has 1 saturated heterocycles. The lowest BCUT2D eigenvalue weighted by molar-refractivity contribution is 0.372. The molecule has 0 aliphatic carbocycles. The first-order valence-electron chi connectivity index (χ1n) is 7.14. The van der Waals surface area contributed by atoms with E-state index < -0.39 is 0 Å². The van der Waals surface area contributed by atoms with Crippen LogP contribution >= 0.6 is 0 Å². The van der Waals surface area contributed by atoms with Gasteiger partial charge in [-0.3, -0.25) is 0 Å². The van der Waals surface area contributed by atoms with Crippen LogP contribution in [0.5, 0.6) is 0 Å². The molecule has 1 aliphatic heterocycles. The van der Waals surface area contributed by atoms with Gasteiger partial charge in [-0.05, 0) is 52.6 Å². The Bertz CT molecular complexity index is 350. The molecule has 2 rings (SSSR count). The van der Waals surface area contributed by atoms with Gasteiger partial charge in [0.05, 0.1) is 0 Å². The van der Waals surface area contributed by atoms with Crippen LogP contribution < -0.4 is 10.2 Å². The van der Waals surface area contributed by atoms with E-state index >= 15 is 0 Å². The number of anilines is 1. The summed E-state index contributed by atoms with van der Waals surface area (Å²) >= 11 is 0. The molecule has 1 N–H and O–H groups in total. The zero-order valence-electron chi connectivity index (χ0n) is 11.9. The summed E-state index contributed by atoms with van der Waals surface area (Å²) in [4.78, 5) is 6.97. The van der Waals surface area contributed by atoms with Gasteiger partial charge in [-0.15, -0.1) is 0 Å². The van der Waals surface area contributed by atoms with E-state index in [2.05, 4.69) is 39.8 Å². The summed E-state index contributed by atoms with van der Waals surface area (Å²) < 4.78 is 2.27. The quantitative estimate of drug-likeness (QED) is 0.870. The number of piperidine rings is 1. The third kappa shape index (κ3) is 3.05. The summed E-state index contributed by atoms with van der Waals surface area (Å²) in [5.74, 6) is 2.04. The second kappa shape index (κ2) is 6.23. The second-order valence-corrected chi connectivity index (χ2v) is 5.55. The first-order valence-corrected chi connectivity index (χ1v) is 7.14. The lowest BCUT2D eigenvalue weighted by Gasteiger charge is -2.33. The van der Waals surface area contributed by atoms with Gasteiger partial charge in [0.15, 0.2) is 0 Å². The van der Waals surface area contributed by atoms with Crippen LogP contribution in [0, 0.1) is 5.92 Å². The zero-order valence-corrected chi connectivity index (χ0v) is 11.9. The van der Waals surface area contributed by atoms with Crippen LogP contribution in [-0.2, 0) is 0 Å². The van der Waals surface area contributed by atoms with E-state index in [1.165, 1.54) is 19.3 Å². The van der Waals surface area contributed by atoms with Crippen LogP contribution in [0.15, 0.2) is 12.4 Å². The molecule has 0 radical (unpaired) electrons. The van der Waals surface area contributed by atoms with E-state index in [4.69, 9.17) is 0 Å². The van der Waals surface area contributed by atoms with Crippen LogP contribution in [0.3, 0.4) is 0 Å². The first-order chi connectivity index (χ1) is 8.72. The molecule has 2 heterocycles. The van der Waals surface area contributed by atoms with Crippen molar-refractivity contribution in [2.75, 3.05) is 31.6 Å². The predicted molar refractivity (Wildman–Crippen MR) is 76.1 cm³/mol. The van der Waals surface area contributed by atoms with Gasteiger partial charge in [0.1, 0.15) is 0 Å². The number of aromatic nitrogens is 2. The highest BCUT2D eigenvalue weighted by Crippen LogP contribution is 2.25. The number of hydrogen-bond acceptors (Lipinski definition) is 3. The molecule has 4 heteroatoms. The minimum Gasteiger partial charge on any atom is -0.342 e. The largest absolute Gasteiger partial charge is 0.342 e. The van der Waals surface area contributed by atoms with E-state index in [-0.39, 0.29) is 0 Å². The van der Waals surface area contributed by atoms with Crippen molar-refractivity contribution in [1.29, 1.82) is 0 Å². The maximum atomic E-state index is 4.52. The molecule has 1 aliphatic rings. The molecule has 102 valence electrons. The third-order valence-electron chi connectivity index (χ3n) is 3.90.